The van der Waals surface area contributed by atoms with Gasteiger partial charge in [0.05, 0.1) is 18.2 Å². The maximum atomic E-state index is 12.7. The van der Waals surface area contributed by atoms with Crippen LogP contribution in [0.2, 0.25) is 0 Å². The first-order valence-corrected chi connectivity index (χ1v) is 5.97. The molecule has 2 rings (SSSR count). The average Bonchev–Trinajstić information content (AvgIpc) is 2.48. The summed E-state index contributed by atoms with van der Waals surface area (Å²) >= 11 is 0. The van der Waals surface area contributed by atoms with Crippen LogP contribution in [0, 0.1) is 17.1 Å². The molecule has 0 aliphatic rings. The molecule has 5 heteroatoms. The van der Waals surface area contributed by atoms with Crippen molar-refractivity contribution in [2.75, 3.05) is 17.2 Å². The average molecular weight is 269 g/mol. The summed E-state index contributed by atoms with van der Waals surface area (Å²) in [4.78, 5) is 11.7. The van der Waals surface area contributed by atoms with E-state index in [2.05, 4.69) is 10.6 Å². The maximum absolute atomic E-state index is 12.7. The van der Waals surface area contributed by atoms with Crippen molar-refractivity contribution in [1.29, 1.82) is 5.26 Å². The van der Waals surface area contributed by atoms with E-state index in [1.165, 1.54) is 24.3 Å². The number of hydrogen-bond acceptors (Lipinski definition) is 3. The third-order valence-corrected chi connectivity index (χ3v) is 2.57. The van der Waals surface area contributed by atoms with E-state index in [-0.39, 0.29) is 18.3 Å². The molecule has 0 saturated heterocycles. The van der Waals surface area contributed by atoms with Crippen molar-refractivity contribution in [3.8, 4) is 6.07 Å². The van der Waals surface area contributed by atoms with Crippen LogP contribution in [-0.2, 0) is 4.79 Å². The van der Waals surface area contributed by atoms with E-state index in [1.807, 2.05) is 6.07 Å². The molecule has 0 radical (unpaired) electrons. The molecule has 100 valence electrons. The van der Waals surface area contributed by atoms with Crippen LogP contribution in [0.15, 0.2) is 48.5 Å². The number of nitrogens with one attached hydrogen (secondary N) is 2. The Balaban J connectivity index is 1.89. The third kappa shape index (κ3) is 3.82. The van der Waals surface area contributed by atoms with E-state index in [0.717, 1.165) is 0 Å². The monoisotopic (exact) mass is 269 g/mol. The second-order valence-electron chi connectivity index (χ2n) is 4.10. The zero-order chi connectivity index (χ0) is 14.4. The van der Waals surface area contributed by atoms with Gasteiger partial charge in [0, 0.05) is 11.4 Å². The lowest BCUT2D eigenvalue weighted by molar-refractivity contribution is -0.114. The number of amides is 1. The molecule has 1 amide bonds. The first-order chi connectivity index (χ1) is 9.67. The van der Waals surface area contributed by atoms with Crippen molar-refractivity contribution in [3.05, 3.63) is 59.9 Å². The number of carbonyl (C=O) groups excluding carboxylic acids is 1. The number of benzene rings is 2. The van der Waals surface area contributed by atoms with Crippen molar-refractivity contribution in [1.82, 2.24) is 0 Å². The summed E-state index contributed by atoms with van der Waals surface area (Å²) < 4.78 is 12.7. The summed E-state index contributed by atoms with van der Waals surface area (Å²) in [5, 5.41) is 14.3. The largest absolute Gasteiger partial charge is 0.376 e. The number of nitrogens with zero attached hydrogens (tertiary/aromatic N) is 1. The van der Waals surface area contributed by atoms with E-state index in [9.17, 15) is 9.18 Å². The molecule has 0 bridgehead atoms. The Morgan fingerprint density at radius 3 is 2.60 bits per heavy atom. The van der Waals surface area contributed by atoms with Gasteiger partial charge in [0.15, 0.2) is 0 Å². The van der Waals surface area contributed by atoms with E-state index >= 15 is 0 Å². The molecule has 0 aromatic heterocycles. The number of nitriles is 1. The summed E-state index contributed by atoms with van der Waals surface area (Å²) in [5.41, 5.74) is 1.75. The molecule has 0 unspecified atom stereocenters. The van der Waals surface area contributed by atoms with Crippen molar-refractivity contribution >= 4 is 17.3 Å². The molecule has 0 atom stereocenters. The van der Waals surface area contributed by atoms with Gasteiger partial charge in [-0.1, -0.05) is 6.07 Å². The van der Waals surface area contributed by atoms with Gasteiger partial charge in [-0.3, -0.25) is 4.79 Å². The van der Waals surface area contributed by atoms with Crippen molar-refractivity contribution in [2.24, 2.45) is 0 Å². The summed E-state index contributed by atoms with van der Waals surface area (Å²) in [5.74, 6) is -0.603. The minimum absolute atomic E-state index is 0.0618. The fraction of sp³-hybridized carbons (Fsp3) is 0.0667. The Bertz CT molecular complexity index is 647. The Morgan fingerprint density at radius 2 is 1.90 bits per heavy atom. The fourth-order valence-corrected chi connectivity index (χ4v) is 1.62. The molecule has 2 aromatic carbocycles. The van der Waals surface area contributed by atoms with Gasteiger partial charge >= 0.3 is 0 Å². The van der Waals surface area contributed by atoms with Crippen molar-refractivity contribution in [3.63, 3.8) is 0 Å². The van der Waals surface area contributed by atoms with Crippen LogP contribution >= 0.6 is 0 Å². The normalized spacial score (nSPS) is 9.60. The fourth-order valence-electron chi connectivity index (χ4n) is 1.62. The third-order valence-electron chi connectivity index (χ3n) is 2.57. The Morgan fingerprint density at radius 1 is 1.15 bits per heavy atom. The maximum Gasteiger partial charge on any atom is 0.243 e. The Kier molecular flexibility index (Phi) is 4.30. The molecule has 2 N–H and O–H groups in total. The van der Waals surface area contributed by atoms with Gasteiger partial charge in [0.25, 0.3) is 0 Å². The molecule has 0 aliphatic carbocycles. The topological polar surface area (TPSA) is 64.9 Å². The van der Waals surface area contributed by atoms with Gasteiger partial charge in [0.2, 0.25) is 5.91 Å². The first kappa shape index (κ1) is 13.6. The van der Waals surface area contributed by atoms with Crippen LogP contribution in [0.1, 0.15) is 5.56 Å². The molecule has 0 saturated carbocycles. The van der Waals surface area contributed by atoms with Crippen LogP contribution in [0.5, 0.6) is 0 Å². The highest BCUT2D eigenvalue weighted by atomic mass is 19.1. The van der Waals surface area contributed by atoms with Crippen LogP contribution in [0.25, 0.3) is 0 Å². The van der Waals surface area contributed by atoms with Crippen LogP contribution in [0.3, 0.4) is 0 Å². The minimum atomic E-state index is -0.352. The van der Waals surface area contributed by atoms with Gasteiger partial charge in [-0.2, -0.15) is 5.26 Å². The van der Waals surface area contributed by atoms with Gasteiger partial charge < -0.3 is 10.6 Å². The smallest absolute Gasteiger partial charge is 0.243 e. The molecular formula is C15H12FN3O. The SMILES string of the molecule is N#Cc1cccc(NCC(=O)Nc2ccc(F)cc2)c1. The van der Waals surface area contributed by atoms with Crippen molar-refractivity contribution in [2.45, 2.75) is 0 Å². The predicted molar refractivity (Wildman–Crippen MR) is 74.7 cm³/mol. The van der Waals surface area contributed by atoms with Crippen molar-refractivity contribution < 1.29 is 9.18 Å². The summed E-state index contributed by atoms with van der Waals surface area (Å²) in [6, 6.07) is 14.4. The minimum Gasteiger partial charge on any atom is -0.376 e. The molecule has 2 aromatic rings. The zero-order valence-corrected chi connectivity index (χ0v) is 10.6. The lowest BCUT2D eigenvalue weighted by Gasteiger charge is -2.08. The lowest BCUT2D eigenvalue weighted by atomic mass is 10.2. The van der Waals surface area contributed by atoms with E-state index in [1.54, 1.807) is 24.3 Å². The van der Waals surface area contributed by atoms with E-state index < -0.39 is 0 Å². The quantitative estimate of drug-likeness (QED) is 0.897. The van der Waals surface area contributed by atoms with Crippen LogP contribution in [0.4, 0.5) is 15.8 Å². The molecule has 0 spiro atoms. The number of rotatable bonds is 4. The highest BCUT2D eigenvalue weighted by molar-refractivity contribution is 5.93. The van der Waals surface area contributed by atoms with E-state index in [4.69, 9.17) is 5.26 Å². The highest BCUT2D eigenvalue weighted by Crippen LogP contribution is 2.10. The molecule has 4 nitrogen and oxygen atoms in total. The number of carbonyl (C=O) groups is 1. The number of halogens is 1. The molecule has 20 heavy (non-hydrogen) atoms. The Hall–Kier alpha value is -2.87. The molecule has 0 heterocycles. The van der Waals surface area contributed by atoms with Gasteiger partial charge in [-0.25, -0.2) is 4.39 Å². The molecule has 0 aliphatic heterocycles. The summed E-state index contributed by atoms with van der Waals surface area (Å²) in [7, 11) is 0. The second-order valence-corrected chi connectivity index (χ2v) is 4.10. The number of hydrogen-bond donors (Lipinski definition) is 2. The van der Waals surface area contributed by atoms with Gasteiger partial charge in [0.1, 0.15) is 5.82 Å². The molecule has 0 fully saturated rings. The Labute approximate surface area is 115 Å². The zero-order valence-electron chi connectivity index (χ0n) is 10.6. The lowest BCUT2D eigenvalue weighted by Crippen LogP contribution is -2.21. The van der Waals surface area contributed by atoms with Crippen LogP contribution < -0.4 is 10.6 Å². The van der Waals surface area contributed by atoms with Gasteiger partial charge in [-0.15, -0.1) is 0 Å². The number of anilines is 2. The summed E-state index contributed by atoms with van der Waals surface area (Å²) in [6.07, 6.45) is 0. The van der Waals surface area contributed by atoms with Crippen LogP contribution in [-0.4, -0.2) is 12.5 Å². The van der Waals surface area contributed by atoms with E-state index in [0.29, 0.717) is 16.9 Å². The summed E-state index contributed by atoms with van der Waals surface area (Å²) in [6.45, 7) is 0.0618. The van der Waals surface area contributed by atoms with Gasteiger partial charge in [-0.05, 0) is 42.5 Å². The second kappa shape index (κ2) is 6.34. The first-order valence-electron chi connectivity index (χ1n) is 5.97. The predicted octanol–water partition coefficient (Wildman–Crippen LogP) is 2.75. The molecular weight excluding hydrogens is 257 g/mol. The highest BCUT2D eigenvalue weighted by Gasteiger charge is 2.03. The standard InChI is InChI=1S/C15H12FN3O/c16-12-4-6-13(7-5-12)19-15(20)10-18-14-3-1-2-11(8-14)9-17/h1-8,18H,10H2,(H,19,20).